The summed E-state index contributed by atoms with van der Waals surface area (Å²) in [5.74, 6) is 6.78. The molecule has 0 spiro atoms. The van der Waals surface area contributed by atoms with Crippen molar-refractivity contribution >= 4 is 0 Å². The molecule has 3 nitrogen and oxygen atoms in total. The predicted molar refractivity (Wildman–Crippen MR) is 78.2 cm³/mol. The van der Waals surface area contributed by atoms with E-state index in [1.165, 1.54) is 5.56 Å². The van der Waals surface area contributed by atoms with Crippen LogP contribution >= 0.6 is 0 Å². The van der Waals surface area contributed by atoms with Crippen molar-refractivity contribution in [3.63, 3.8) is 0 Å². The Balaban J connectivity index is 2.86. The number of methoxy groups -OCH3 is 1. The highest BCUT2D eigenvalue weighted by atomic mass is 16.5. The summed E-state index contributed by atoms with van der Waals surface area (Å²) in [6, 6.07) is 6.09. The van der Waals surface area contributed by atoms with Crippen molar-refractivity contribution in [1.29, 1.82) is 0 Å². The Morgan fingerprint density at radius 2 is 2.16 bits per heavy atom. The van der Waals surface area contributed by atoms with Gasteiger partial charge in [0.15, 0.2) is 0 Å². The Labute approximate surface area is 116 Å². The van der Waals surface area contributed by atoms with Gasteiger partial charge in [-0.3, -0.25) is 0 Å². The fraction of sp³-hybridized carbons (Fsp3) is 0.500. The zero-order valence-electron chi connectivity index (χ0n) is 12.1. The molecule has 3 heteroatoms. The zero-order valence-corrected chi connectivity index (χ0v) is 12.1. The number of hydrogen-bond donors (Lipinski definition) is 1. The van der Waals surface area contributed by atoms with E-state index < -0.39 is 0 Å². The van der Waals surface area contributed by atoms with Gasteiger partial charge in [0, 0.05) is 13.0 Å². The van der Waals surface area contributed by atoms with Crippen molar-refractivity contribution in [3.05, 3.63) is 29.3 Å². The van der Waals surface area contributed by atoms with E-state index in [-0.39, 0.29) is 6.61 Å². The van der Waals surface area contributed by atoms with Crippen LogP contribution in [0, 0.1) is 11.8 Å². The molecule has 0 aromatic heterocycles. The molecule has 0 fully saturated rings. The van der Waals surface area contributed by atoms with Gasteiger partial charge in [0.2, 0.25) is 0 Å². The van der Waals surface area contributed by atoms with Crippen molar-refractivity contribution in [2.45, 2.75) is 26.3 Å². The highest BCUT2D eigenvalue weighted by molar-refractivity contribution is 5.48. The van der Waals surface area contributed by atoms with E-state index >= 15 is 0 Å². The van der Waals surface area contributed by atoms with E-state index in [9.17, 15) is 0 Å². The van der Waals surface area contributed by atoms with Crippen LogP contribution in [0.2, 0.25) is 0 Å². The van der Waals surface area contributed by atoms with Crippen LogP contribution in [0.3, 0.4) is 0 Å². The van der Waals surface area contributed by atoms with Gasteiger partial charge in [-0.05, 0) is 37.7 Å². The maximum Gasteiger partial charge on any atom is 0.134 e. The average molecular weight is 261 g/mol. The summed E-state index contributed by atoms with van der Waals surface area (Å²) in [4.78, 5) is 2.28. The first kappa shape index (κ1) is 15.6. The molecule has 0 amide bonds. The van der Waals surface area contributed by atoms with Crippen molar-refractivity contribution < 1.29 is 9.84 Å². The third kappa shape index (κ3) is 5.34. The Morgan fingerprint density at radius 3 is 2.79 bits per heavy atom. The van der Waals surface area contributed by atoms with Crippen LogP contribution in [-0.2, 0) is 6.54 Å². The predicted octanol–water partition coefficient (Wildman–Crippen LogP) is 2.27. The fourth-order valence-corrected chi connectivity index (χ4v) is 1.94. The molecule has 0 aliphatic carbocycles. The van der Waals surface area contributed by atoms with E-state index in [0.717, 1.165) is 30.8 Å². The Hall–Kier alpha value is -1.50. The third-order valence-electron chi connectivity index (χ3n) is 2.78. The molecule has 0 aliphatic heterocycles. The van der Waals surface area contributed by atoms with E-state index in [2.05, 4.69) is 42.8 Å². The molecule has 0 radical (unpaired) electrons. The molecule has 1 rings (SSSR count). The first-order chi connectivity index (χ1) is 9.21. The van der Waals surface area contributed by atoms with Gasteiger partial charge in [0.05, 0.1) is 19.3 Å². The Morgan fingerprint density at radius 1 is 1.37 bits per heavy atom. The number of aliphatic hydroxyl groups excluding tert-OH is 1. The van der Waals surface area contributed by atoms with Crippen LogP contribution in [0.4, 0.5) is 0 Å². The Kier molecular flexibility index (Phi) is 7.02. The van der Waals surface area contributed by atoms with Gasteiger partial charge in [-0.15, -0.1) is 0 Å². The number of nitrogens with zero attached hydrogens (tertiary/aromatic N) is 1. The van der Waals surface area contributed by atoms with Crippen LogP contribution in [0.1, 0.15) is 30.9 Å². The maximum atomic E-state index is 8.76. The van der Waals surface area contributed by atoms with E-state index in [1.807, 2.05) is 6.07 Å². The molecule has 1 N–H and O–H groups in total. The lowest BCUT2D eigenvalue weighted by atomic mass is 10.1. The molecule has 104 valence electrons. The summed E-state index contributed by atoms with van der Waals surface area (Å²) in [6.45, 7) is 4.26. The number of benzene rings is 1. The van der Waals surface area contributed by atoms with Gasteiger partial charge < -0.3 is 14.7 Å². The molecule has 19 heavy (non-hydrogen) atoms. The van der Waals surface area contributed by atoms with Crippen molar-refractivity contribution in [1.82, 2.24) is 4.90 Å². The normalized spacial score (nSPS) is 10.2. The van der Waals surface area contributed by atoms with Crippen molar-refractivity contribution in [2.75, 3.05) is 27.3 Å². The van der Waals surface area contributed by atoms with Gasteiger partial charge in [0.25, 0.3) is 0 Å². The number of aliphatic hydroxyl groups is 1. The summed E-state index contributed by atoms with van der Waals surface area (Å²) in [5, 5.41) is 8.76. The van der Waals surface area contributed by atoms with E-state index in [4.69, 9.17) is 9.84 Å². The summed E-state index contributed by atoms with van der Waals surface area (Å²) in [5.41, 5.74) is 2.11. The molecule has 0 unspecified atom stereocenters. The first-order valence-corrected chi connectivity index (χ1v) is 6.66. The van der Waals surface area contributed by atoms with Crippen LogP contribution < -0.4 is 4.74 Å². The van der Waals surface area contributed by atoms with Crippen LogP contribution in [0.5, 0.6) is 5.75 Å². The summed E-state index contributed by atoms with van der Waals surface area (Å²) in [6.07, 6.45) is 1.64. The molecule has 0 aliphatic rings. The minimum absolute atomic E-state index is 0.0915. The molecule has 0 saturated heterocycles. The molecule has 0 bridgehead atoms. The highest BCUT2D eigenvalue weighted by Crippen LogP contribution is 2.19. The first-order valence-electron chi connectivity index (χ1n) is 6.66. The summed E-state index contributed by atoms with van der Waals surface area (Å²) >= 11 is 0. The van der Waals surface area contributed by atoms with Gasteiger partial charge in [0.1, 0.15) is 5.75 Å². The van der Waals surface area contributed by atoms with Gasteiger partial charge in [-0.2, -0.15) is 0 Å². The highest BCUT2D eigenvalue weighted by Gasteiger charge is 2.04. The fourth-order valence-electron chi connectivity index (χ4n) is 1.94. The molecular formula is C16H23NO2. The quantitative estimate of drug-likeness (QED) is 0.797. The zero-order chi connectivity index (χ0) is 14.1. The second kappa shape index (κ2) is 8.58. The standard InChI is InChI=1S/C16H23NO2/c1-4-10-17(2)13-14-8-9-16(19-3)15(12-14)7-5-6-11-18/h8-9,12,18H,4,6,10-11,13H2,1-3H3. The third-order valence-corrected chi connectivity index (χ3v) is 2.78. The SMILES string of the molecule is CCCN(C)Cc1ccc(OC)c(C#CCCO)c1. The van der Waals surface area contributed by atoms with Gasteiger partial charge in [-0.1, -0.05) is 24.8 Å². The summed E-state index contributed by atoms with van der Waals surface area (Å²) in [7, 11) is 3.76. The number of hydrogen-bond acceptors (Lipinski definition) is 3. The number of rotatable bonds is 6. The van der Waals surface area contributed by atoms with E-state index in [0.29, 0.717) is 6.42 Å². The smallest absolute Gasteiger partial charge is 0.134 e. The molecule has 0 atom stereocenters. The van der Waals surface area contributed by atoms with Gasteiger partial charge in [-0.25, -0.2) is 0 Å². The minimum atomic E-state index is 0.0915. The molecule has 1 aromatic rings. The maximum absolute atomic E-state index is 8.76. The van der Waals surface area contributed by atoms with Crippen molar-refractivity contribution in [2.24, 2.45) is 0 Å². The molecule has 0 heterocycles. The van der Waals surface area contributed by atoms with Crippen LogP contribution in [0.15, 0.2) is 18.2 Å². The Bertz CT molecular complexity index is 446. The lowest BCUT2D eigenvalue weighted by molar-refractivity contribution is 0.305. The second-order valence-corrected chi connectivity index (χ2v) is 4.55. The molecular weight excluding hydrogens is 238 g/mol. The lowest BCUT2D eigenvalue weighted by Gasteiger charge is -2.16. The molecule has 1 aromatic carbocycles. The monoisotopic (exact) mass is 261 g/mol. The van der Waals surface area contributed by atoms with Crippen molar-refractivity contribution in [3.8, 4) is 17.6 Å². The minimum Gasteiger partial charge on any atom is -0.495 e. The number of ether oxygens (including phenoxy) is 1. The van der Waals surface area contributed by atoms with Gasteiger partial charge >= 0.3 is 0 Å². The van der Waals surface area contributed by atoms with Crippen LogP contribution in [-0.4, -0.2) is 37.3 Å². The largest absolute Gasteiger partial charge is 0.495 e. The molecule has 0 saturated carbocycles. The lowest BCUT2D eigenvalue weighted by Crippen LogP contribution is -2.18. The summed E-state index contributed by atoms with van der Waals surface area (Å²) < 4.78 is 5.30. The topological polar surface area (TPSA) is 32.7 Å². The van der Waals surface area contributed by atoms with E-state index in [1.54, 1.807) is 7.11 Å². The average Bonchev–Trinajstić information content (AvgIpc) is 2.39. The second-order valence-electron chi connectivity index (χ2n) is 4.55. The van der Waals surface area contributed by atoms with Crippen LogP contribution in [0.25, 0.3) is 0 Å².